The zero-order valence-electron chi connectivity index (χ0n) is 13.6. The van der Waals surface area contributed by atoms with Gasteiger partial charge in [0.25, 0.3) is 5.91 Å². The number of rotatable bonds is 3. The lowest BCUT2D eigenvalue weighted by atomic mass is 9.99. The molecule has 0 N–H and O–H groups in total. The first-order chi connectivity index (χ1) is 11.8. The Balaban J connectivity index is 1.54. The molecule has 2 aliphatic heterocycles. The van der Waals surface area contributed by atoms with Crippen LogP contribution in [0.2, 0.25) is 0 Å². The molecule has 7 heteroatoms. The highest BCUT2D eigenvalue weighted by Crippen LogP contribution is 2.30. The molecular formula is C17H20N4O3. The van der Waals surface area contributed by atoms with Gasteiger partial charge in [0.2, 0.25) is 0 Å². The molecule has 4 rings (SSSR count). The van der Waals surface area contributed by atoms with E-state index < -0.39 is 0 Å². The molecule has 1 aromatic carbocycles. The maximum Gasteiger partial charge on any atom is 0.254 e. The van der Waals surface area contributed by atoms with Crippen LogP contribution in [0.3, 0.4) is 0 Å². The Morgan fingerprint density at radius 2 is 2.38 bits per heavy atom. The predicted molar refractivity (Wildman–Crippen MR) is 85.8 cm³/mol. The summed E-state index contributed by atoms with van der Waals surface area (Å²) in [4.78, 5) is 14.7. The van der Waals surface area contributed by atoms with E-state index in [9.17, 15) is 4.79 Å². The van der Waals surface area contributed by atoms with Crippen molar-refractivity contribution in [1.82, 2.24) is 19.9 Å². The van der Waals surface area contributed by atoms with Crippen LogP contribution in [0.15, 0.2) is 30.5 Å². The molecule has 1 saturated heterocycles. The SMILES string of the molecule is CCOc1cccc(C(=O)N2CC[C@H]3OCc4cnnn4[C@@H]3C2)c1. The third kappa shape index (κ3) is 2.65. The smallest absolute Gasteiger partial charge is 0.254 e. The van der Waals surface area contributed by atoms with Crippen molar-refractivity contribution in [1.29, 1.82) is 0 Å². The van der Waals surface area contributed by atoms with Gasteiger partial charge in [-0.15, -0.1) is 5.10 Å². The molecule has 0 radical (unpaired) electrons. The molecule has 0 aliphatic carbocycles. The second-order valence-corrected chi connectivity index (χ2v) is 6.09. The number of carbonyl (C=O) groups excluding carboxylic acids is 1. The minimum absolute atomic E-state index is 0.0160. The van der Waals surface area contributed by atoms with Gasteiger partial charge in [-0.2, -0.15) is 0 Å². The number of benzene rings is 1. The molecule has 1 fully saturated rings. The van der Waals surface area contributed by atoms with Gasteiger partial charge in [-0.05, 0) is 31.5 Å². The standard InChI is InChI=1S/C17H20N4O3/c1-2-23-14-5-3-4-12(8-14)17(22)20-7-6-16-15(10-20)21-13(11-24-16)9-18-19-21/h3-5,8-9,15-16H,2,6-7,10-11H2,1H3/t15-,16-/m1/s1. The number of aromatic nitrogens is 3. The summed E-state index contributed by atoms with van der Waals surface area (Å²) in [5, 5.41) is 8.14. The lowest BCUT2D eigenvalue weighted by Gasteiger charge is -2.41. The highest BCUT2D eigenvalue weighted by molar-refractivity contribution is 5.94. The largest absolute Gasteiger partial charge is 0.494 e. The minimum Gasteiger partial charge on any atom is -0.494 e. The highest BCUT2D eigenvalue weighted by atomic mass is 16.5. The fourth-order valence-corrected chi connectivity index (χ4v) is 3.43. The zero-order chi connectivity index (χ0) is 16.5. The molecule has 0 spiro atoms. The lowest BCUT2D eigenvalue weighted by Crippen LogP contribution is -2.49. The van der Waals surface area contributed by atoms with Crippen molar-refractivity contribution < 1.29 is 14.3 Å². The van der Waals surface area contributed by atoms with Gasteiger partial charge in [0, 0.05) is 18.7 Å². The first-order valence-electron chi connectivity index (χ1n) is 8.29. The molecule has 2 atom stereocenters. The van der Waals surface area contributed by atoms with Crippen LogP contribution in [0.1, 0.15) is 35.4 Å². The van der Waals surface area contributed by atoms with Crippen LogP contribution in [0.5, 0.6) is 5.75 Å². The van der Waals surface area contributed by atoms with Crippen LogP contribution < -0.4 is 4.74 Å². The van der Waals surface area contributed by atoms with E-state index in [1.165, 1.54) is 0 Å². The summed E-state index contributed by atoms with van der Waals surface area (Å²) in [6, 6.07) is 7.38. The van der Waals surface area contributed by atoms with Crippen LogP contribution >= 0.6 is 0 Å². The second-order valence-electron chi connectivity index (χ2n) is 6.09. The molecule has 3 heterocycles. The summed E-state index contributed by atoms with van der Waals surface area (Å²) in [6.45, 7) is 4.32. The highest BCUT2D eigenvalue weighted by Gasteiger charge is 2.38. The molecule has 126 valence electrons. The quantitative estimate of drug-likeness (QED) is 0.857. The summed E-state index contributed by atoms with van der Waals surface area (Å²) in [5.74, 6) is 0.736. The normalized spacial score (nSPS) is 22.6. The van der Waals surface area contributed by atoms with E-state index in [1.54, 1.807) is 12.3 Å². The monoisotopic (exact) mass is 328 g/mol. The van der Waals surface area contributed by atoms with Crippen LogP contribution in [0, 0.1) is 0 Å². The van der Waals surface area contributed by atoms with E-state index in [4.69, 9.17) is 9.47 Å². The molecule has 0 unspecified atom stereocenters. The van der Waals surface area contributed by atoms with E-state index in [1.807, 2.05) is 34.7 Å². The van der Waals surface area contributed by atoms with E-state index in [-0.39, 0.29) is 18.1 Å². The van der Waals surface area contributed by atoms with Gasteiger partial charge in [-0.1, -0.05) is 11.3 Å². The summed E-state index contributed by atoms with van der Waals surface area (Å²) in [5.41, 5.74) is 1.61. The average Bonchev–Trinajstić information content (AvgIpc) is 3.10. The Morgan fingerprint density at radius 1 is 1.46 bits per heavy atom. The van der Waals surface area contributed by atoms with E-state index in [2.05, 4.69) is 10.3 Å². The van der Waals surface area contributed by atoms with Gasteiger partial charge in [0.15, 0.2) is 0 Å². The summed E-state index contributed by atoms with van der Waals surface area (Å²) in [7, 11) is 0. The van der Waals surface area contributed by atoms with Crippen molar-refractivity contribution in [3.8, 4) is 5.75 Å². The number of likely N-dealkylation sites (tertiary alicyclic amines) is 1. The fourth-order valence-electron chi connectivity index (χ4n) is 3.43. The molecular weight excluding hydrogens is 308 g/mol. The number of hydrogen-bond acceptors (Lipinski definition) is 5. The Kier molecular flexibility index (Phi) is 3.93. The Morgan fingerprint density at radius 3 is 3.25 bits per heavy atom. The number of carbonyl (C=O) groups is 1. The predicted octanol–water partition coefficient (Wildman–Crippen LogP) is 1.66. The van der Waals surface area contributed by atoms with E-state index in [0.29, 0.717) is 31.9 Å². The maximum absolute atomic E-state index is 12.9. The molecule has 24 heavy (non-hydrogen) atoms. The molecule has 0 bridgehead atoms. The number of ether oxygens (including phenoxy) is 2. The van der Waals surface area contributed by atoms with Gasteiger partial charge in [0.05, 0.1) is 37.3 Å². The minimum atomic E-state index is 0.0160. The summed E-state index contributed by atoms with van der Waals surface area (Å²) < 4.78 is 13.3. The average molecular weight is 328 g/mol. The summed E-state index contributed by atoms with van der Waals surface area (Å²) >= 11 is 0. The van der Waals surface area contributed by atoms with E-state index >= 15 is 0 Å². The maximum atomic E-state index is 12.9. The van der Waals surface area contributed by atoms with E-state index in [0.717, 1.165) is 17.9 Å². The van der Waals surface area contributed by atoms with Crippen molar-refractivity contribution in [3.63, 3.8) is 0 Å². The van der Waals surface area contributed by atoms with Crippen LogP contribution in [0.25, 0.3) is 0 Å². The Hall–Kier alpha value is -2.41. The van der Waals surface area contributed by atoms with Crippen molar-refractivity contribution >= 4 is 5.91 Å². The first-order valence-corrected chi connectivity index (χ1v) is 8.29. The van der Waals surface area contributed by atoms with Crippen LogP contribution in [-0.2, 0) is 11.3 Å². The fraction of sp³-hybridized carbons (Fsp3) is 0.471. The molecule has 2 aliphatic rings. The van der Waals surface area contributed by atoms with Crippen molar-refractivity contribution in [2.75, 3.05) is 19.7 Å². The summed E-state index contributed by atoms with van der Waals surface area (Å²) in [6.07, 6.45) is 2.63. The number of fused-ring (bicyclic) bond motifs is 3. The Bertz CT molecular complexity index is 745. The molecule has 7 nitrogen and oxygen atoms in total. The van der Waals surface area contributed by atoms with Crippen molar-refractivity contribution in [2.24, 2.45) is 0 Å². The molecule has 1 aromatic heterocycles. The molecule has 0 saturated carbocycles. The number of hydrogen-bond donors (Lipinski definition) is 0. The van der Waals surface area contributed by atoms with Crippen LogP contribution in [-0.4, -0.2) is 51.6 Å². The first kappa shape index (κ1) is 15.1. The lowest BCUT2D eigenvalue weighted by molar-refractivity contribution is -0.0605. The number of nitrogens with zero attached hydrogens (tertiary/aromatic N) is 4. The van der Waals surface area contributed by atoms with Crippen molar-refractivity contribution in [3.05, 3.63) is 41.7 Å². The zero-order valence-corrected chi connectivity index (χ0v) is 13.6. The van der Waals surface area contributed by atoms with Gasteiger partial charge >= 0.3 is 0 Å². The van der Waals surface area contributed by atoms with Gasteiger partial charge in [-0.3, -0.25) is 4.79 Å². The van der Waals surface area contributed by atoms with Gasteiger partial charge < -0.3 is 14.4 Å². The third-order valence-electron chi connectivity index (χ3n) is 4.61. The van der Waals surface area contributed by atoms with Crippen molar-refractivity contribution in [2.45, 2.75) is 32.1 Å². The molecule has 1 amide bonds. The second kappa shape index (κ2) is 6.24. The van der Waals surface area contributed by atoms with Gasteiger partial charge in [-0.25, -0.2) is 4.68 Å². The topological polar surface area (TPSA) is 69.5 Å². The van der Waals surface area contributed by atoms with Crippen LogP contribution in [0.4, 0.5) is 0 Å². The number of amides is 1. The van der Waals surface area contributed by atoms with Gasteiger partial charge in [0.1, 0.15) is 5.75 Å². The third-order valence-corrected chi connectivity index (χ3v) is 4.61. The Labute approximate surface area is 140 Å². The molecule has 2 aromatic rings. The number of piperidine rings is 1.